The maximum Gasteiger partial charge on any atom is 0.123 e. The lowest BCUT2D eigenvalue weighted by molar-refractivity contribution is 0.145. The number of aromatic nitrogens is 1. The normalized spacial score (nSPS) is 19.3. The number of ether oxygens (including phenoxy) is 1. The van der Waals surface area contributed by atoms with Gasteiger partial charge < -0.3 is 14.7 Å². The van der Waals surface area contributed by atoms with Crippen molar-refractivity contribution in [3.05, 3.63) is 71.4 Å². The van der Waals surface area contributed by atoms with Crippen LogP contribution in [0.2, 0.25) is 0 Å². The number of aromatic hydroxyl groups is 1. The predicted octanol–water partition coefficient (Wildman–Crippen LogP) is 4.78. The van der Waals surface area contributed by atoms with Gasteiger partial charge in [0.1, 0.15) is 11.5 Å². The van der Waals surface area contributed by atoms with Crippen molar-refractivity contribution >= 4 is 5.69 Å². The molecule has 0 radical (unpaired) electrons. The van der Waals surface area contributed by atoms with Gasteiger partial charge in [-0.05, 0) is 73.2 Å². The second-order valence-electron chi connectivity index (χ2n) is 11.0. The summed E-state index contributed by atoms with van der Waals surface area (Å²) < 4.78 is 5.74. The quantitative estimate of drug-likeness (QED) is 0.469. The number of hydrogen-bond acceptors (Lipinski definition) is 6. The number of phenols is 1. The molecule has 1 saturated heterocycles. The summed E-state index contributed by atoms with van der Waals surface area (Å²) in [5.41, 5.74) is 7.13. The molecule has 1 aromatic heterocycles. The highest BCUT2D eigenvalue weighted by atomic mass is 16.5. The zero-order valence-electron chi connectivity index (χ0n) is 22.6. The minimum Gasteiger partial charge on any atom is -0.508 e. The molecule has 0 saturated carbocycles. The molecule has 6 heteroatoms. The summed E-state index contributed by atoms with van der Waals surface area (Å²) >= 11 is 0. The summed E-state index contributed by atoms with van der Waals surface area (Å²) in [6, 6.07) is 17.4. The minimum atomic E-state index is 0.475. The summed E-state index contributed by atoms with van der Waals surface area (Å²) in [4.78, 5) is 12.6. The van der Waals surface area contributed by atoms with Gasteiger partial charge in [-0.1, -0.05) is 31.2 Å². The average Bonchev–Trinajstić information content (AvgIpc) is 3.44. The van der Waals surface area contributed by atoms with E-state index < -0.39 is 0 Å². The Bertz CT molecular complexity index is 1240. The summed E-state index contributed by atoms with van der Waals surface area (Å²) in [6.45, 7) is 10.7. The van der Waals surface area contributed by atoms with Gasteiger partial charge in [0.05, 0.1) is 24.2 Å². The second kappa shape index (κ2) is 11.3. The number of nitrogens with zero attached hydrogens (tertiary/aromatic N) is 4. The number of benzene rings is 2. The molecule has 6 rings (SSSR count). The fourth-order valence-corrected chi connectivity index (χ4v) is 6.41. The zero-order chi connectivity index (χ0) is 25.9. The molecule has 1 fully saturated rings. The number of phenolic OH excluding ortho intramolecular Hbond substituents is 1. The van der Waals surface area contributed by atoms with Gasteiger partial charge in [0.2, 0.25) is 0 Å². The van der Waals surface area contributed by atoms with E-state index in [-0.39, 0.29) is 0 Å². The highest BCUT2D eigenvalue weighted by molar-refractivity contribution is 5.64. The van der Waals surface area contributed by atoms with E-state index in [1.807, 2.05) is 18.3 Å². The van der Waals surface area contributed by atoms with Crippen molar-refractivity contribution in [2.45, 2.75) is 45.1 Å². The van der Waals surface area contributed by atoms with Crippen molar-refractivity contribution in [3.8, 4) is 22.8 Å². The Morgan fingerprint density at radius 3 is 2.71 bits per heavy atom. The van der Waals surface area contributed by atoms with Crippen molar-refractivity contribution in [2.24, 2.45) is 0 Å². The molecule has 3 heterocycles. The third-order valence-electron chi connectivity index (χ3n) is 8.64. The van der Waals surface area contributed by atoms with Crippen LogP contribution < -0.4 is 9.64 Å². The minimum absolute atomic E-state index is 0.475. The van der Waals surface area contributed by atoms with Crippen molar-refractivity contribution in [1.82, 2.24) is 14.8 Å². The average molecular weight is 513 g/mol. The van der Waals surface area contributed by atoms with E-state index in [0.717, 1.165) is 95.1 Å². The van der Waals surface area contributed by atoms with Gasteiger partial charge in [-0.15, -0.1) is 0 Å². The molecule has 0 amide bonds. The molecule has 3 aromatic rings. The smallest absolute Gasteiger partial charge is 0.123 e. The van der Waals surface area contributed by atoms with Gasteiger partial charge >= 0.3 is 0 Å². The van der Waals surface area contributed by atoms with Gasteiger partial charge in [-0.25, -0.2) is 0 Å². The van der Waals surface area contributed by atoms with E-state index in [1.54, 1.807) is 0 Å². The largest absolute Gasteiger partial charge is 0.508 e. The van der Waals surface area contributed by atoms with Crippen molar-refractivity contribution < 1.29 is 9.84 Å². The molecule has 2 aromatic carbocycles. The van der Waals surface area contributed by atoms with Crippen LogP contribution in [0.25, 0.3) is 11.3 Å². The lowest BCUT2D eigenvalue weighted by Crippen LogP contribution is -2.50. The Balaban J connectivity index is 1.01. The first-order chi connectivity index (χ1) is 18.7. The van der Waals surface area contributed by atoms with Gasteiger partial charge in [0, 0.05) is 57.3 Å². The third-order valence-corrected chi connectivity index (χ3v) is 8.64. The summed E-state index contributed by atoms with van der Waals surface area (Å²) in [6.07, 6.45) is 7.39. The molecule has 200 valence electrons. The highest BCUT2D eigenvalue weighted by Gasteiger charge is 2.26. The number of fused-ring (bicyclic) bond motifs is 2. The van der Waals surface area contributed by atoms with Crippen molar-refractivity contribution in [2.75, 3.05) is 57.3 Å². The van der Waals surface area contributed by atoms with E-state index in [4.69, 9.17) is 9.72 Å². The van der Waals surface area contributed by atoms with E-state index in [0.29, 0.717) is 11.8 Å². The standard InChI is InChI=1S/C32H40N4O2/c1-2-13-35(27-8-10-29-25(21-27)4-3-5-31(29)37)17-14-34-15-18-36(19-16-34)28-9-11-30(33-23-28)26-7-6-24-12-20-38-32(24)22-26/h3-7,9,11,22-23,27,37H,2,8,10,12-21H2,1H3/t27-/m0/s1. The van der Waals surface area contributed by atoms with Crippen molar-refractivity contribution in [1.29, 1.82) is 0 Å². The van der Waals surface area contributed by atoms with Gasteiger partial charge in [-0.3, -0.25) is 14.8 Å². The predicted molar refractivity (Wildman–Crippen MR) is 153 cm³/mol. The lowest BCUT2D eigenvalue weighted by atomic mass is 9.87. The molecule has 1 N–H and O–H groups in total. The highest BCUT2D eigenvalue weighted by Crippen LogP contribution is 2.32. The van der Waals surface area contributed by atoms with Crippen LogP contribution in [0.15, 0.2) is 54.7 Å². The molecule has 6 nitrogen and oxygen atoms in total. The maximum atomic E-state index is 10.2. The number of piperazine rings is 1. The van der Waals surface area contributed by atoms with E-state index in [1.165, 1.54) is 28.8 Å². The van der Waals surface area contributed by atoms with Crippen LogP contribution in [0.1, 0.15) is 36.5 Å². The summed E-state index contributed by atoms with van der Waals surface area (Å²) in [5, 5.41) is 10.2. The Kier molecular flexibility index (Phi) is 7.52. The fourth-order valence-electron chi connectivity index (χ4n) is 6.41. The van der Waals surface area contributed by atoms with Crippen LogP contribution in [-0.2, 0) is 19.3 Å². The molecule has 0 bridgehead atoms. The van der Waals surface area contributed by atoms with E-state index in [2.05, 4.69) is 58.0 Å². The third kappa shape index (κ3) is 5.38. The van der Waals surface area contributed by atoms with E-state index in [9.17, 15) is 5.11 Å². The number of anilines is 1. The van der Waals surface area contributed by atoms with Gasteiger partial charge in [-0.2, -0.15) is 0 Å². The number of pyridine rings is 1. The van der Waals surface area contributed by atoms with Crippen LogP contribution in [0.4, 0.5) is 5.69 Å². The molecule has 38 heavy (non-hydrogen) atoms. The Morgan fingerprint density at radius 2 is 1.89 bits per heavy atom. The van der Waals surface area contributed by atoms with Gasteiger partial charge in [0.25, 0.3) is 0 Å². The van der Waals surface area contributed by atoms with Crippen LogP contribution in [0.3, 0.4) is 0 Å². The molecule has 1 aliphatic carbocycles. The molecule has 0 unspecified atom stereocenters. The lowest BCUT2D eigenvalue weighted by Gasteiger charge is -2.39. The molecular formula is C32H40N4O2. The van der Waals surface area contributed by atoms with Crippen molar-refractivity contribution in [3.63, 3.8) is 0 Å². The maximum absolute atomic E-state index is 10.2. The first-order valence-corrected chi connectivity index (χ1v) is 14.4. The fraction of sp³-hybridized carbons (Fsp3) is 0.469. The van der Waals surface area contributed by atoms with Crippen LogP contribution in [0.5, 0.6) is 11.5 Å². The van der Waals surface area contributed by atoms with Crippen LogP contribution in [-0.4, -0.2) is 78.4 Å². The SMILES string of the molecule is CCCN(CCN1CCN(c2ccc(-c3ccc4c(c3)OCC4)nc2)CC1)[C@H]1CCc2c(O)cccc2C1. The summed E-state index contributed by atoms with van der Waals surface area (Å²) in [5.74, 6) is 1.48. The topological polar surface area (TPSA) is 52.1 Å². The zero-order valence-corrected chi connectivity index (χ0v) is 22.6. The van der Waals surface area contributed by atoms with Crippen LogP contribution in [0, 0.1) is 0 Å². The van der Waals surface area contributed by atoms with E-state index >= 15 is 0 Å². The Labute approximate surface area is 226 Å². The van der Waals surface area contributed by atoms with Gasteiger partial charge in [0.15, 0.2) is 0 Å². The van der Waals surface area contributed by atoms with Crippen LogP contribution >= 0.6 is 0 Å². The molecular weight excluding hydrogens is 472 g/mol. The molecule has 0 spiro atoms. The first-order valence-electron chi connectivity index (χ1n) is 14.4. The number of rotatable bonds is 8. The Hall–Kier alpha value is -3.09. The molecule has 2 aliphatic heterocycles. The Morgan fingerprint density at radius 1 is 1.00 bits per heavy atom. The molecule has 3 aliphatic rings. The molecule has 1 atom stereocenters. The first kappa shape index (κ1) is 25.2. The monoisotopic (exact) mass is 512 g/mol. The number of hydrogen-bond donors (Lipinski definition) is 1. The summed E-state index contributed by atoms with van der Waals surface area (Å²) in [7, 11) is 0. The second-order valence-corrected chi connectivity index (χ2v) is 11.0.